The van der Waals surface area contributed by atoms with Crippen LogP contribution in [0.15, 0.2) is 0 Å². The number of hydrogen-bond acceptors (Lipinski definition) is 2. The van der Waals surface area contributed by atoms with Gasteiger partial charge in [0.1, 0.15) is 5.82 Å². The number of fused-ring (bicyclic) bond motifs is 1. The molecule has 1 saturated carbocycles. The Morgan fingerprint density at radius 2 is 2.16 bits per heavy atom. The molecule has 2 heterocycles. The Kier molecular flexibility index (Phi) is 3.42. The fourth-order valence-corrected chi connectivity index (χ4v) is 3.27. The molecule has 0 unspecified atom stereocenters. The quantitative estimate of drug-likeness (QED) is 0.883. The minimum atomic E-state index is 0.602. The van der Waals surface area contributed by atoms with Crippen LogP contribution in [0.4, 0.5) is 0 Å². The van der Waals surface area contributed by atoms with E-state index in [-0.39, 0.29) is 0 Å². The number of nitrogens with one attached hydrogen (secondary N) is 1. The van der Waals surface area contributed by atoms with E-state index < -0.39 is 0 Å². The number of imidazole rings is 1. The van der Waals surface area contributed by atoms with Gasteiger partial charge in [0.25, 0.3) is 0 Å². The number of rotatable bonds is 5. The molecule has 0 atom stereocenters. The summed E-state index contributed by atoms with van der Waals surface area (Å²) in [7, 11) is 0. The lowest BCUT2D eigenvalue weighted by Crippen LogP contribution is -2.26. The standard InChI is InChI=1S/C16H27N3/c1-4-16(6-7-16)11-19-14-5-8-17-10-13(14)18-15(19)9-12(2)3/h12,17H,4-11H2,1-3H3. The number of hydrogen-bond donors (Lipinski definition) is 1. The molecule has 0 aromatic carbocycles. The second kappa shape index (κ2) is 4.93. The van der Waals surface area contributed by atoms with Gasteiger partial charge < -0.3 is 9.88 Å². The summed E-state index contributed by atoms with van der Waals surface area (Å²) in [6, 6.07) is 0. The van der Waals surface area contributed by atoms with Crippen molar-refractivity contribution in [3.63, 3.8) is 0 Å². The van der Waals surface area contributed by atoms with Crippen molar-refractivity contribution in [2.45, 2.75) is 66.0 Å². The summed E-state index contributed by atoms with van der Waals surface area (Å²) in [5, 5.41) is 3.45. The second-order valence-corrected chi connectivity index (χ2v) is 6.89. The lowest BCUT2D eigenvalue weighted by Gasteiger charge is -2.21. The third-order valence-electron chi connectivity index (χ3n) is 4.86. The van der Waals surface area contributed by atoms with E-state index in [9.17, 15) is 0 Å². The molecule has 3 nitrogen and oxygen atoms in total. The predicted molar refractivity (Wildman–Crippen MR) is 78.1 cm³/mol. The molecular weight excluding hydrogens is 234 g/mol. The van der Waals surface area contributed by atoms with E-state index in [2.05, 4.69) is 30.7 Å². The molecule has 3 heteroatoms. The molecule has 19 heavy (non-hydrogen) atoms. The van der Waals surface area contributed by atoms with Gasteiger partial charge in [0.2, 0.25) is 0 Å². The van der Waals surface area contributed by atoms with Crippen molar-refractivity contribution in [3.8, 4) is 0 Å². The van der Waals surface area contributed by atoms with Crippen molar-refractivity contribution in [2.75, 3.05) is 6.54 Å². The van der Waals surface area contributed by atoms with Crippen LogP contribution in [-0.2, 0) is 25.9 Å². The molecule has 0 radical (unpaired) electrons. The zero-order valence-corrected chi connectivity index (χ0v) is 12.6. The average Bonchev–Trinajstić information content (AvgIpc) is 3.09. The summed E-state index contributed by atoms with van der Waals surface area (Å²) < 4.78 is 2.59. The molecule has 1 aromatic rings. The molecule has 0 saturated heterocycles. The van der Waals surface area contributed by atoms with Crippen molar-refractivity contribution in [2.24, 2.45) is 11.3 Å². The smallest absolute Gasteiger partial charge is 0.109 e. The highest BCUT2D eigenvalue weighted by Crippen LogP contribution is 2.50. The third-order valence-corrected chi connectivity index (χ3v) is 4.86. The first kappa shape index (κ1) is 13.2. The van der Waals surface area contributed by atoms with Crippen molar-refractivity contribution >= 4 is 0 Å². The summed E-state index contributed by atoms with van der Waals surface area (Å²) in [4.78, 5) is 4.94. The highest BCUT2D eigenvalue weighted by molar-refractivity contribution is 5.21. The van der Waals surface area contributed by atoms with Crippen LogP contribution in [0.25, 0.3) is 0 Å². The molecule has 1 fully saturated rings. The van der Waals surface area contributed by atoms with Crippen LogP contribution in [0.3, 0.4) is 0 Å². The minimum Gasteiger partial charge on any atom is -0.331 e. The first-order valence-corrected chi connectivity index (χ1v) is 7.91. The molecule has 0 bridgehead atoms. The molecule has 1 aliphatic heterocycles. The molecule has 106 valence electrons. The van der Waals surface area contributed by atoms with Crippen molar-refractivity contribution in [1.82, 2.24) is 14.9 Å². The number of nitrogens with zero attached hydrogens (tertiary/aromatic N) is 2. The van der Waals surface area contributed by atoms with Crippen LogP contribution < -0.4 is 5.32 Å². The Bertz CT molecular complexity index is 455. The van der Waals surface area contributed by atoms with Crippen LogP contribution in [-0.4, -0.2) is 16.1 Å². The van der Waals surface area contributed by atoms with Crippen molar-refractivity contribution in [3.05, 3.63) is 17.2 Å². The maximum Gasteiger partial charge on any atom is 0.109 e. The Morgan fingerprint density at radius 3 is 2.79 bits per heavy atom. The van der Waals surface area contributed by atoms with E-state index in [0.29, 0.717) is 11.3 Å². The van der Waals surface area contributed by atoms with Gasteiger partial charge in [0, 0.05) is 38.2 Å². The van der Waals surface area contributed by atoms with Crippen molar-refractivity contribution in [1.29, 1.82) is 0 Å². The lowest BCUT2D eigenvalue weighted by molar-refractivity contribution is 0.387. The summed E-state index contributed by atoms with van der Waals surface area (Å²) in [5.41, 5.74) is 3.44. The van der Waals surface area contributed by atoms with Crippen LogP contribution in [0.5, 0.6) is 0 Å². The van der Waals surface area contributed by atoms with E-state index in [0.717, 1.165) is 25.9 Å². The molecule has 1 N–H and O–H groups in total. The summed E-state index contributed by atoms with van der Waals surface area (Å²) >= 11 is 0. The van der Waals surface area contributed by atoms with E-state index in [1.54, 1.807) is 0 Å². The molecule has 0 spiro atoms. The van der Waals surface area contributed by atoms with Gasteiger partial charge in [-0.3, -0.25) is 0 Å². The maximum absolute atomic E-state index is 4.94. The van der Waals surface area contributed by atoms with Gasteiger partial charge in [-0.15, -0.1) is 0 Å². The summed E-state index contributed by atoms with van der Waals surface area (Å²) in [5.74, 6) is 2.02. The second-order valence-electron chi connectivity index (χ2n) is 6.89. The van der Waals surface area contributed by atoms with E-state index in [1.807, 2.05) is 0 Å². The zero-order valence-electron chi connectivity index (χ0n) is 12.6. The number of aromatic nitrogens is 2. The van der Waals surface area contributed by atoms with E-state index in [4.69, 9.17) is 4.98 Å². The first-order valence-electron chi connectivity index (χ1n) is 7.91. The fourth-order valence-electron chi connectivity index (χ4n) is 3.27. The van der Waals surface area contributed by atoms with Gasteiger partial charge in [-0.2, -0.15) is 0 Å². The van der Waals surface area contributed by atoms with Gasteiger partial charge in [0.05, 0.1) is 5.69 Å². The Balaban J connectivity index is 1.92. The lowest BCUT2D eigenvalue weighted by atomic mass is 10.0. The van der Waals surface area contributed by atoms with E-state index >= 15 is 0 Å². The van der Waals surface area contributed by atoms with Crippen molar-refractivity contribution < 1.29 is 0 Å². The van der Waals surface area contributed by atoms with Crippen LogP contribution in [0.2, 0.25) is 0 Å². The highest BCUT2D eigenvalue weighted by Gasteiger charge is 2.42. The summed E-state index contributed by atoms with van der Waals surface area (Å²) in [6.45, 7) is 10.2. The Morgan fingerprint density at radius 1 is 1.37 bits per heavy atom. The van der Waals surface area contributed by atoms with E-state index in [1.165, 1.54) is 43.0 Å². The average molecular weight is 261 g/mol. The molecule has 3 rings (SSSR count). The van der Waals surface area contributed by atoms with Gasteiger partial charge in [-0.05, 0) is 30.6 Å². The Hall–Kier alpha value is -0.830. The molecule has 1 aromatic heterocycles. The predicted octanol–water partition coefficient (Wildman–Crippen LogP) is 2.92. The van der Waals surface area contributed by atoms with Crippen LogP contribution in [0.1, 0.15) is 57.2 Å². The highest BCUT2D eigenvalue weighted by atomic mass is 15.1. The third kappa shape index (κ3) is 2.58. The maximum atomic E-state index is 4.94. The minimum absolute atomic E-state index is 0.602. The first-order chi connectivity index (χ1) is 9.13. The molecule has 1 aliphatic carbocycles. The van der Waals surface area contributed by atoms with Gasteiger partial charge >= 0.3 is 0 Å². The fraction of sp³-hybridized carbons (Fsp3) is 0.812. The SMILES string of the molecule is CCC1(Cn2c(CC(C)C)nc3c2CCNC3)CC1. The zero-order chi connectivity index (χ0) is 13.5. The molecule has 2 aliphatic rings. The van der Waals surface area contributed by atoms with Gasteiger partial charge in [-0.25, -0.2) is 4.98 Å². The summed E-state index contributed by atoms with van der Waals surface area (Å²) in [6.07, 6.45) is 6.41. The van der Waals surface area contributed by atoms with Gasteiger partial charge in [0.15, 0.2) is 0 Å². The monoisotopic (exact) mass is 261 g/mol. The largest absolute Gasteiger partial charge is 0.331 e. The molecule has 0 amide bonds. The Labute approximate surface area is 116 Å². The molecular formula is C16H27N3. The van der Waals surface area contributed by atoms with Crippen LogP contribution in [0, 0.1) is 11.3 Å². The topological polar surface area (TPSA) is 29.9 Å². The van der Waals surface area contributed by atoms with Gasteiger partial charge in [-0.1, -0.05) is 20.8 Å². The normalized spacial score (nSPS) is 20.6. The van der Waals surface area contributed by atoms with Crippen LogP contribution >= 0.6 is 0 Å².